The lowest BCUT2D eigenvalue weighted by Crippen LogP contribution is -2.59. The van der Waals surface area contributed by atoms with Gasteiger partial charge in [-0.05, 0) is 104 Å². The van der Waals surface area contributed by atoms with Crippen LogP contribution in [0.4, 0.5) is 11.6 Å². The highest BCUT2D eigenvalue weighted by molar-refractivity contribution is 7.80. The fourth-order valence-electron chi connectivity index (χ4n) is 4.67. The molecule has 1 fully saturated rings. The fourth-order valence-corrected chi connectivity index (χ4v) is 4.88. The van der Waals surface area contributed by atoms with Gasteiger partial charge in [0.05, 0.1) is 6.04 Å². The molecule has 0 atom stereocenters. The van der Waals surface area contributed by atoms with Gasteiger partial charge in [-0.1, -0.05) is 12.1 Å². The summed E-state index contributed by atoms with van der Waals surface area (Å²) in [4.78, 5) is 14.1. The van der Waals surface area contributed by atoms with Crippen LogP contribution in [0.5, 0.6) is 0 Å². The summed E-state index contributed by atoms with van der Waals surface area (Å²) in [7, 11) is 0. The molecule has 0 saturated carbocycles. The Balaban J connectivity index is 1.86. The molecule has 1 aromatic heterocycles. The molecule has 1 aromatic carbocycles. The minimum absolute atomic E-state index is 0.0190. The molecule has 0 spiro atoms. The van der Waals surface area contributed by atoms with E-state index in [1.807, 2.05) is 32.0 Å². The van der Waals surface area contributed by atoms with Gasteiger partial charge < -0.3 is 16.0 Å². The predicted octanol–water partition coefficient (Wildman–Crippen LogP) is 4.77. The van der Waals surface area contributed by atoms with E-state index in [9.17, 15) is 0 Å². The summed E-state index contributed by atoms with van der Waals surface area (Å²) in [5.74, 6) is 1.04. The third-order valence-electron chi connectivity index (χ3n) is 5.78. The molecule has 0 bridgehead atoms. The number of hydrogen-bond donors (Lipinski definition) is 4. The van der Waals surface area contributed by atoms with E-state index >= 15 is 0 Å². The molecule has 2 heterocycles. The Labute approximate surface area is 203 Å². The molecule has 3 rings (SSSR count). The van der Waals surface area contributed by atoms with Crippen molar-refractivity contribution in [3.8, 4) is 0 Å². The molecule has 33 heavy (non-hydrogen) atoms. The molecule has 4 N–H and O–H groups in total. The summed E-state index contributed by atoms with van der Waals surface area (Å²) in [6, 6.07) is 8.18. The second-order valence-electron chi connectivity index (χ2n) is 10.4. The van der Waals surface area contributed by atoms with Gasteiger partial charge in [0.1, 0.15) is 0 Å². The minimum Gasteiger partial charge on any atom is -0.332 e. The lowest BCUT2D eigenvalue weighted by molar-refractivity contribution is 0.164. The first-order valence-electron chi connectivity index (χ1n) is 11.4. The van der Waals surface area contributed by atoms with Gasteiger partial charge in [0.2, 0.25) is 11.9 Å². The lowest BCUT2D eigenvalue weighted by Gasteiger charge is -2.45. The average molecular weight is 468 g/mol. The van der Waals surface area contributed by atoms with E-state index in [1.165, 1.54) is 5.56 Å². The fraction of sp³-hybridized carbons (Fsp3) is 0.520. The Kier molecular flexibility index (Phi) is 7.39. The third-order valence-corrected chi connectivity index (χ3v) is 5.98. The first-order valence-corrected chi connectivity index (χ1v) is 11.8. The number of aromatic nitrogens is 2. The molecule has 7 nitrogen and oxygen atoms in total. The van der Waals surface area contributed by atoms with Crippen molar-refractivity contribution in [3.63, 3.8) is 0 Å². The van der Waals surface area contributed by atoms with Crippen LogP contribution in [0.3, 0.4) is 0 Å². The van der Waals surface area contributed by atoms with E-state index in [-0.39, 0.29) is 17.1 Å². The quantitative estimate of drug-likeness (QED) is 0.294. The average Bonchev–Trinajstić information content (AvgIpc) is 2.61. The monoisotopic (exact) mass is 467 g/mol. The van der Waals surface area contributed by atoms with Gasteiger partial charge in [0.25, 0.3) is 0 Å². The standard InChI is InChI=1S/C25H37N7S/c1-15-10-9-11-20(18(15)4)29-23(33)31-22(30-21-26-16(2)12-17(3)27-21)28-19-13-24(5,6)32-25(7,8)14-19/h9-12,19,32H,13-14H2,1-8H3,(H3,26,27,28,29,30,31,33). The van der Waals surface area contributed by atoms with Crippen LogP contribution < -0.4 is 21.3 Å². The number of benzene rings is 1. The Hall–Kier alpha value is -2.58. The number of aliphatic imine (C=N–C) groups is 1. The van der Waals surface area contributed by atoms with Crippen LogP contribution in [-0.4, -0.2) is 38.2 Å². The second-order valence-corrected chi connectivity index (χ2v) is 10.8. The van der Waals surface area contributed by atoms with E-state index in [1.54, 1.807) is 0 Å². The number of thiocarbonyl (C=S) groups is 1. The first kappa shape index (κ1) is 25.1. The molecule has 2 aromatic rings. The number of nitrogens with one attached hydrogen (secondary N) is 4. The van der Waals surface area contributed by atoms with E-state index in [0.29, 0.717) is 17.0 Å². The Morgan fingerprint density at radius 2 is 1.61 bits per heavy atom. The number of anilines is 2. The van der Waals surface area contributed by atoms with Crippen molar-refractivity contribution in [3.05, 3.63) is 46.8 Å². The summed E-state index contributed by atoms with van der Waals surface area (Å²) < 4.78 is 0. The van der Waals surface area contributed by atoms with Gasteiger partial charge >= 0.3 is 0 Å². The van der Waals surface area contributed by atoms with Crippen LogP contribution in [0.15, 0.2) is 29.3 Å². The number of piperidine rings is 1. The highest BCUT2D eigenvalue weighted by Crippen LogP contribution is 2.30. The van der Waals surface area contributed by atoms with Crippen molar-refractivity contribution in [1.82, 2.24) is 20.6 Å². The molecule has 8 heteroatoms. The molecule has 0 unspecified atom stereocenters. The van der Waals surface area contributed by atoms with Crippen molar-refractivity contribution in [2.75, 3.05) is 10.6 Å². The molecule has 1 saturated heterocycles. The van der Waals surface area contributed by atoms with Gasteiger partial charge in [0.15, 0.2) is 5.11 Å². The van der Waals surface area contributed by atoms with E-state index < -0.39 is 0 Å². The Morgan fingerprint density at radius 1 is 1.00 bits per heavy atom. The van der Waals surface area contributed by atoms with Crippen molar-refractivity contribution >= 4 is 34.9 Å². The lowest BCUT2D eigenvalue weighted by atomic mass is 9.80. The largest absolute Gasteiger partial charge is 0.332 e. The maximum Gasteiger partial charge on any atom is 0.229 e. The summed E-state index contributed by atoms with van der Waals surface area (Å²) >= 11 is 5.64. The third kappa shape index (κ3) is 7.20. The molecular weight excluding hydrogens is 430 g/mol. The van der Waals surface area contributed by atoms with Crippen molar-refractivity contribution in [2.24, 2.45) is 4.99 Å². The zero-order valence-electron chi connectivity index (χ0n) is 21.1. The van der Waals surface area contributed by atoms with Crippen LogP contribution >= 0.6 is 12.2 Å². The predicted molar refractivity (Wildman–Crippen MR) is 142 cm³/mol. The van der Waals surface area contributed by atoms with Gasteiger partial charge in [0, 0.05) is 28.2 Å². The topological polar surface area (TPSA) is 86.3 Å². The normalized spacial score (nSPS) is 18.0. The Morgan fingerprint density at radius 3 is 2.21 bits per heavy atom. The highest BCUT2D eigenvalue weighted by Gasteiger charge is 2.37. The number of aryl methyl sites for hydroxylation is 3. The summed E-state index contributed by atoms with van der Waals surface area (Å²) in [6.07, 6.45) is 1.82. The van der Waals surface area contributed by atoms with Crippen LogP contribution in [0.2, 0.25) is 0 Å². The summed E-state index contributed by atoms with van der Waals surface area (Å²) in [5, 5.41) is 14.0. The van der Waals surface area contributed by atoms with Crippen LogP contribution in [0.25, 0.3) is 0 Å². The van der Waals surface area contributed by atoms with Crippen molar-refractivity contribution in [2.45, 2.75) is 85.4 Å². The second kappa shape index (κ2) is 9.73. The number of hydrogen-bond acceptors (Lipinski definition) is 5. The molecule has 1 aliphatic heterocycles. The highest BCUT2D eigenvalue weighted by atomic mass is 32.1. The van der Waals surface area contributed by atoms with Crippen LogP contribution in [-0.2, 0) is 0 Å². The molecule has 0 aliphatic carbocycles. The number of guanidine groups is 1. The zero-order chi connectivity index (χ0) is 24.4. The van der Waals surface area contributed by atoms with Gasteiger partial charge in [-0.2, -0.15) is 0 Å². The van der Waals surface area contributed by atoms with E-state index in [2.05, 4.69) is 78.8 Å². The van der Waals surface area contributed by atoms with Crippen LogP contribution in [0.1, 0.15) is 63.1 Å². The number of rotatable bonds is 3. The minimum atomic E-state index is -0.0190. The maximum absolute atomic E-state index is 5.64. The maximum atomic E-state index is 5.64. The first-order chi connectivity index (χ1) is 15.3. The zero-order valence-corrected chi connectivity index (χ0v) is 21.9. The van der Waals surface area contributed by atoms with Gasteiger partial charge in [-0.3, -0.25) is 5.32 Å². The SMILES string of the molecule is Cc1cc(C)nc(NC(=NC2CC(C)(C)NC(C)(C)C2)NC(=S)Nc2cccc(C)c2C)n1. The van der Waals surface area contributed by atoms with Crippen LogP contribution in [0, 0.1) is 27.7 Å². The molecular formula is C25H37N7S. The molecule has 178 valence electrons. The van der Waals surface area contributed by atoms with Crippen molar-refractivity contribution in [1.29, 1.82) is 0 Å². The van der Waals surface area contributed by atoms with Crippen molar-refractivity contribution < 1.29 is 0 Å². The smallest absolute Gasteiger partial charge is 0.229 e. The van der Waals surface area contributed by atoms with E-state index in [0.717, 1.165) is 35.5 Å². The summed E-state index contributed by atoms with van der Waals surface area (Å²) in [6.45, 7) is 16.9. The van der Waals surface area contributed by atoms with Gasteiger partial charge in [-0.25, -0.2) is 15.0 Å². The molecule has 1 aliphatic rings. The Bertz CT molecular complexity index is 1020. The summed E-state index contributed by atoms with van der Waals surface area (Å²) in [5.41, 5.74) is 5.09. The van der Waals surface area contributed by atoms with E-state index in [4.69, 9.17) is 17.2 Å². The molecule has 0 radical (unpaired) electrons. The molecule has 0 amide bonds. The number of nitrogens with zero attached hydrogens (tertiary/aromatic N) is 3. The van der Waals surface area contributed by atoms with Gasteiger partial charge in [-0.15, -0.1) is 0 Å².